The van der Waals surface area contributed by atoms with Crippen LogP contribution >= 0.6 is 0 Å². The van der Waals surface area contributed by atoms with Crippen LogP contribution in [0.25, 0.3) is 0 Å². The number of nitrogens with zero attached hydrogens (tertiary/aromatic N) is 1. The number of sulfonamides is 1. The second kappa shape index (κ2) is 11.1. The van der Waals surface area contributed by atoms with Gasteiger partial charge in [0.05, 0.1) is 18.0 Å². The van der Waals surface area contributed by atoms with E-state index < -0.39 is 10.0 Å². The van der Waals surface area contributed by atoms with Crippen LogP contribution in [0.1, 0.15) is 48.3 Å². The molecule has 9 heteroatoms. The zero-order valence-electron chi connectivity index (χ0n) is 19.6. The molecule has 1 aromatic heterocycles. The van der Waals surface area contributed by atoms with Gasteiger partial charge in [0.15, 0.2) is 11.5 Å². The third kappa shape index (κ3) is 6.55. The molecular weight excluding hydrogens is 454 g/mol. The van der Waals surface area contributed by atoms with E-state index in [4.69, 9.17) is 9.47 Å². The van der Waals surface area contributed by atoms with E-state index in [1.165, 1.54) is 24.3 Å². The van der Waals surface area contributed by atoms with E-state index in [2.05, 4.69) is 15.0 Å². The largest absolute Gasteiger partial charge is 0.493 e. The summed E-state index contributed by atoms with van der Waals surface area (Å²) in [6.45, 7) is 5.73. The number of rotatable bonds is 10. The molecule has 1 unspecified atom stereocenters. The lowest BCUT2D eigenvalue weighted by Gasteiger charge is -2.17. The molecule has 2 aromatic carbocycles. The standard InChI is InChI=1S/C25H29N3O5S/c1-17(2)28-34(30,31)22-8-5-20(6-9-22)25(29)27-18(3)21-7-10-23(24(15-21)32-4)33-16-19-11-13-26-14-12-19/h5-15,17-18,28H,16H2,1-4H3,(H,27,29). The van der Waals surface area contributed by atoms with Crippen LogP contribution in [0, 0.1) is 0 Å². The minimum Gasteiger partial charge on any atom is -0.493 e. The molecule has 0 aliphatic heterocycles. The molecule has 0 aliphatic rings. The number of hydrogen-bond acceptors (Lipinski definition) is 6. The lowest BCUT2D eigenvalue weighted by atomic mass is 10.1. The summed E-state index contributed by atoms with van der Waals surface area (Å²) in [6.07, 6.45) is 3.41. The molecular formula is C25H29N3O5S. The number of pyridine rings is 1. The van der Waals surface area contributed by atoms with Crippen molar-refractivity contribution in [1.82, 2.24) is 15.0 Å². The highest BCUT2D eigenvalue weighted by molar-refractivity contribution is 7.89. The van der Waals surface area contributed by atoms with Crippen molar-refractivity contribution >= 4 is 15.9 Å². The van der Waals surface area contributed by atoms with Gasteiger partial charge in [-0.2, -0.15) is 0 Å². The maximum absolute atomic E-state index is 12.7. The molecule has 1 heterocycles. The quantitative estimate of drug-likeness (QED) is 0.454. The zero-order chi connectivity index (χ0) is 24.7. The van der Waals surface area contributed by atoms with Gasteiger partial charge in [-0.1, -0.05) is 6.07 Å². The monoisotopic (exact) mass is 483 g/mol. The number of aromatic nitrogens is 1. The van der Waals surface area contributed by atoms with E-state index in [1.807, 2.05) is 31.2 Å². The summed E-state index contributed by atoms with van der Waals surface area (Å²) in [5, 5.41) is 2.92. The highest BCUT2D eigenvalue weighted by Crippen LogP contribution is 2.31. The van der Waals surface area contributed by atoms with Crippen molar-refractivity contribution in [3.05, 3.63) is 83.7 Å². The second-order valence-electron chi connectivity index (χ2n) is 8.05. The van der Waals surface area contributed by atoms with Crippen LogP contribution in [0.3, 0.4) is 0 Å². The molecule has 0 aliphatic carbocycles. The van der Waals surface area contributed by atoms with Crippen molar-refractivity contribution in [2.24, 2.45) is 0 Å². The Morgan fingerprint density at radius 1 is 0.971 bits per heavy atom. The molecule has 0 fully saturated rings. The fraction of sp³-hybridized carbons (Fsp3) is 0.280. The Kier molecular flexibility index (Phi) is 8.25. The summed E-state index contributed by atoms with van der Waals surface area (Å²) in [7, 11) is -2.05. The Labute approximate surface area is 200 Å². The first-order valence-corrected chi connectivity index (χ1v) is 12.3. The number of ether oxygens (including phenoxy) is 2. The predicted molar refractivity (Wildman–Crippen MR) is 129 cm³/mol. The van der Waals surface area contributed by atoms with Crippen molar-refractivity contribution in [1.29, 1.82) is 0 Å². The highest BCUT2D eigenvalue weighted by atomic mass is 32.2. The van der Waals surface area contributed by atoms with Crippen molar-refractivity contribution in [3.63, 3.8) is 0 Å². The molecule has 1 amide bonds. The van der Waals surface area contributed by atoms with Gasteiger partial charge in [0, 0.05) is 24.0 Å². The number of nitrogens with one attached hydrogen (secondary N) is 2. The Balaban J connectivity index is 1.66. The summed E-state index contributed by atoms with van der Waals surface area (Å²) in [4.78, 5) is 16.8. The van der Waals surface area contributed by atoms with E-state index in [9.17, 15) is 13.2 Å². The molecule has 0 saturated carbocycles. The van der Waals surface area contributed by atoms with E-state index in [0.29, 0.717) is 23.7 Å². The van der Waals surface area contributed by atoms with Gasteiger partial charge in [0.1, 0.15) is 6.61 Å². The first-order valence-electron chi connectivity index (χ1n) is 10.8. The molecule has 3 aromatic rings. The molecule has 34 heavy (non-hydrogen) atoms. The van der Waals surface area contributed by atoms with E-state index in [0.717, 1.165) is 11.1 Å². The Hall–Kier alpha value is -3.43. The number of carbonyl (C=O) groups excluding carboxylic acids is 1. The Morgan fingerprint density at radius 3 is 2.26 bits per heavy atom. The van der Waals surface area contributed by atoms with Crippen LogP contribution in [0.4, 0.5) is 0 Å². The van der Waals surface area contributed by atoms with E-state index >= 15 is 0 Å². The number of carbonyl (C=O) groups is 1. The number of methoxy groups -OCH3 is 1. The van der Waals surface area contributed by atoms with Crippen molar-refractivity contribution in [3.8, 4) is 11.5 Å². The zero-order valence-corrected chi connectivity index (χ0v) is 20.4. The Morgan fingerprint density at radius 2 is 1.65 bits per heavy atom. The number of amides is 1. The minimum absolute atomic E-state index is 0.109. The maximum atomic E-state index is 12.7. The molecule has 1 atom stereocenters. The van der Waals surface area contributed by atoms with Gasteiger partial charge in [-0.05, 0) is 80.4 Å². The SMILES string of the molecule is COc1cc(C(C)NC(=O)c2ccc(S(=O)(=O)NC(C)C)cc2)ccc1OCc1ccncc1. The Bertz CT molecular complexity index is 1210. The molecule has 0 spiro atoms. The highest BCUT2D eigenvalue weighted by Gasteiger charge is 2.18. The molecule has 0 bridgehead atoms. The number of benzene rings is 2. The van der Waals surface area contributed by atoms with Crippen molar-refractivity contribution < 1.29 is 22.7 Å². The van der Waals surface area contributed by atoms with Crippen LogP contribution in [0.15, 0.2) is 71.9 Å². The van der Waals surface area contributed by atoms with E-state index in [1.54, 1.807) is 39.4 Å². The maximum Gasteiger partial charge on any atom is 0.251 e. The topological polar surface area (TPSA) is 107 Å². The lowest BCUT2D eigenvalue weighted by molar-refractivity contribution is 0.0939. The molecule has 180 valence electrons. The van der Waals surface area contributed by atoms with Gasteiger partial charge in [-0.15, -0.1) is 0 Å². The molecule has 8 nitrogen and oxygen atoms in total. The average molecular weight is 484 g/mol. The average Bonchev–Trinajstić information content (AvgIpc) is 2.82. The third-order valence-electron chi connectivity index (χ3n) is 5.00. The summed E-state index contributed by atoms with van der Waals surface area (Å²) >= 11 is 0. The summed E-state index contributed by atoms with van der Waals surface area (Å²) in [5.41, 5.74) is 2.18. The second-order valence-corrected chi connectivity index (χ2v) is 9.76. The first kappa shape index (κ1) is 25.2. The van der Waals surface area contributed by atoms with Crippen LogP contribution in [0.5, 0.6) is 11.5 Å². The fourth-order valence-corrected chi connectivity index (χ4v) is 4.49. The smallest absolute Gasteiger partial charge is 0.251 e. The first-order chi connectivity index (χ1) is 16.2. The molecule has 0 radical (unpaired) electrons. The van der Waals surface area contributed by atoms with Crippen LogP contribution in [-0.4, -0.2) is 32.5 Å². The van der Waals surface area contributed by atoms with Gasteiger partial charge in [-0.25, -0.2) is 13.1 Å². The van der Waals surface area contributed by atoms with Gasteiger partial charge >= 0.3 is 0 Å². The van der Waals surface area contributed by atoms with Crippen LogP contribution in [0.2, 0.25) is 0 Å². The van der Waals surface area contributed by atoms with Crippen LogP contribution < -0.4 is 19.5 Å². The summed E-state index contributed by atoms with van der Waals surface area (Å²) in [5.74, 6) is 0.832. The summed E-state index contributed by atoms with van der Waals surface area (Å²) in [6, 6.07) is 14.5. The predicted octanol–water partition coefficient (Wildman–Crippen LogP) is 3.85. The fourth-order valence-electron chi connectivity index (χ4n) is 3.24. The van der Waals surface area contributed by atoms with Crippen molar-refractivity contribution in [2.75, 3.05) is 7.11 Å². The third-order valence-corrected chi connectivity index (χ3v) is 6.67. The normalized spacial score (nSPS) is 12.3. The molecule has 3 rings (SSSR count). The van der Waals surface area contributed by atoms with Crippen molar-refractivity contribution in [2.45, 2.75) is 44.4 Å². The molecule has 0 saturated heterocycles. The van der Waals surface area contributed by atoms with Gasteiger partial charge in [-0.3, -0.25) is 9.78 Å². The van der Waals surface area contributed by atoms with Gasteiger partial charge < -0.3 is 14.8 Å². The number of hydrogen-bond donors (Lipinski definition) is 2. The van der Waals surface area contributed by atoms with Gasteiger partial charge in [0.2, 0.25) is 10.0 Å². The van der Waals surface area contributed by atoms with Gasteiger partial charge in [0.25, 0.3) is 5.91 Å². The summed E-state index contributed by atoms with van der Waals surface area (Å²) < 4.78 is 38.4. The van der Waals surface area contributed by atoms with Crippen LogP contribution in [-0.2, 0) is 16.6 Å². The minimum atomic E-state index is -3.61. The van der Waals surface area contributed by atoms with E-state index in [-0.39, 0.29) is 22.9 Å². The lowest BCUT2D eigenvalue weighted by Crippen LogP contribution is -2.30. The molecule has 2 N–H and O–H groups in total.